The molecule has 0 saturated carbocycles. The number of carbonyl (C=O) groups is 1. The number of nitro benzene ring substituents is 1. The van der Waals surface area contributed by atoms with E-state index in [4.69, 9.17) is 5.84 Å². The Labute approximate surface area is 114 Å². The van der Waals surface area contributed by atoms with E-state index in [0.717, 1.165) is 18.2 Å². The van der Waals surface area contributed by atoms with E-state index in [0.29, 0.717) is 0 Å². The van der Waals surface area contributed by atoms with Crippen molar-refractivity contribution in [2.75, 3.05) is 19.0 Å². The number of nitrogens with one attached hydrogen (secondary N) is 3. The lowest BCUT2D eigenvalue weighted by molar-refractivity contribution is -0.384. The molecule has 0 aliphatic carbocycles. The van der Waals surface area contributed by atoms with Crippen molar-refractivity contribution in [1.29, 1.82) is 0 Å². The second-order valence-corrected chi connectivity index (χ2v) is 5.35. The van der Waals surface area contributed by atoms with E-state index in [9.17, 15) is 23.3 Å². The van der Waals surface area contributed by atoms with Crippen LogP contribution in [0.3, 0.4) is 0 Å². The van der Waals surface area contributed by atoms with Crippen molar-refractivity contribution in [3.05, 3.63) is 28.3 Å². The van der Waals surface area contributed by atoms with Gasteiger partial charge in [-0.15, -0.1) is 0 Å². The Bertz CT molecular complexity index is 630. The molecule has 0 saturated heterocycles. The summed E-state index contributed by atoms with van der Waals surface area (Å²) in [6.45, 7) is -0.443. The molecule has 0 aliphatic rings. The number of benzene rings is 1. The highest BCUT2D eigenvalue weighted by Crippen LogP contribution is 2.26. The summed E-state index contributed by atoms with van der Waals surface area (Å²) in [6, 6.07) is 3.05. The van der Waals surface area contributed by atoms with Crippen LogP contribution >= 0.6 is 0 Å². The summed E-state index contributed by atoms with van der Waals surface area (Å²) in [5.74, 6) is 4.59. The molecule has 1 amide bonds. The van der Waals surface area contributed by atoms with Crippen molar-refractivity contribution >= 4 is 27.3 Å². The fourth-order valence-electron chi connectivity index (χ4n) is 1.29. The fraction of sp³-hybridized carbons (Fsp3) is 0.222. The minimum absolute atomic E-state index is 0.155. The van der Waals surface area contributed by atoms with Gasteiger partial charge in [0.25, 0.3) is 5.69 Å². The number of hydrogen-bond acceptors (Lipinski definition) is 7. The quantitative estimate of drug-likeness (QED) is 0.295. The highest BCUT2D eigenvalue weighted by molar-refractivity contribution is 7.89. The van der Waals surface area contributed by atoms with Crippen molar-refractivity contribution in [2.45, 2.75) is 4.90 Å². The van der Waals surface area contributed by atoms with E-state index < -0.39 is 27.4 Å². The first-order valence-electron chi connectivity index (χ1n) is 5.27. The molecule has 1 rings (SSSR count). The topological polar surface area (TPSA) is 156 Å². The van der Waals surface area contributed by atoms with E-state index in [2.05, 4.69) is 10.7 Å². The molecule has 0 radical (unpaired) electrons. The molecule has 0 bridgehead atoms. The molecular weight excluding hydrogens is 290 g/mol. The predicted octanol–water partition coefficient (Wildman–Crippen LogP) is -1.10. The second kappa shape index (κ2) is 6.27. The molecule has 11 heteroatoms. The largest absolute Gasteiger partial charge is 0.358 e. The summed E-state index contributed by atoms with van der Waals surface area (Å²) in [5, 5.41) is 12.9. The van der Waals surface area contributed by atoms with Crippen LogP contribution in [0.5, 0.6) is 0 Å². The molecule has 0 aliphatic heterocycles. The highest BCUT2D eigenvalue weighted by atomic mass is 32.2. The van der Waals surface area contributed by atoms with E-state index in [1.54, 1.807) is 0 Å². The van der Waals surface area contributed by atoms with Gasteiger partial charge in [-0.05, 0) is 12.1 Å². The molecule has 1 aromatic rings. The lowest BCUT2D eigenvalue weighted by Crippen LogP contribution is -2.35. The van der Waals surface area contributed by atoms with Gasteiger partial charge < -0.3 is 10.7 Å². The molecule has 0 aromatic heterocycles. The highest BCUT2D eigenvalue weighted by Gasteiger charge is 2.20. The van der Waals surface area contributed by atoms with Crippen LogP contribution in [-0.2, 0) is 14.8 Å². The summed E-state index contributed by atoms with van der Waals surface area (Å²) in [5.41, 5.74) is 1.53. The van der Waals surface area contributed by atoms with E-state index in [-0.39, 0.29) is 16.3 Å². The third-order valence-corrected chi connectivity index (χ3v) is 3.73. The summed E-state index contributed by atoms with van der Waals surface area (Å²) >= 11 is 0. The van der Waals surface area contributed by atoms with Crippen LogP contribution in [0.25, 0.3) is 0 Å². The Morgan fingerprint density at radius 2 is 2.10 bits per heavy atom. The van der Waals surface area contributed by atoms with E-state index in [1.807, 2.05) is 4.72 Å². The maximum atomic E-state index is 11.9. The molecule has 10 nitrogen and oxygen atoms in total. The van der Waals surface area contributed by atoms with Crippen LogP contribution in [0.1, 0.15) is 0 Å². The van der Waals surface area contributed by atoms with Gasteiger partial charge in [0.2, 0.25) is 15.9 Å². The summed E-state index contributed by atoms with van der Waals surface area (Å²) in [4.78, 5) is 20.7. The van der Waals surface area contributed by atoms with Crippen LogP contribution in [0.15, 0.2) is 23.1 Å². The number of nitrogen functional groups attached to an aromatic ring is 1. The van der Waals surface area contributed by atoms with E-state index in [1.165, 1.54) is 7.05 Å². The third-order valence-electron chi connectivity index (χ3n) is 2.33. The number of nitrogens with two attached hydrogens (primary N) is 1. The number of nitrogens with zero attached hydrogens (tertiary/aromatic N) is 1. The molecule has 0 heterocycles. The first kappa shape index (κ1) is 15.8. The standard InChI is InChI=1S/C9H13N5O5S/c1-11-9(15)5-12-20(18,19)6-2-3-8(14(16)17)7(4-6)13-10/h2-4,12-13H,5,10H2,1H3,(H,11,15). The molecule has 0 atom stereocenters. The second-order valence-electron chi connectivity index (χ2n) is 3.58. The Morgan fingerprint density at radius 1 is 1.45 bits per heavy atom. The maximum absolute atomic E-state index is 11.9. The van der Waals surface area contributed by atoms with Crippen molar-refractivity contribution in [1.82, 2.24) is 10.0 Å². The number of hydrogen-bond donors (Lipinski definition) is 4. The zero-order chi connectivity index (χ0) is 15.3. The maximum Gasteiger partial charge on any atom is 0.293 e. The Morgan fingerprint density at radius 3 is 2.60 bits per heavy atom. The average molecular weight is 303 g/mol. The number of nitro groups is 1. The van der Waals surface area contributed by atoms with Crippen LogP contribution in [0.2, 0.25) is 0 Å². The van der Waals surface area contributed by atoms with Crippen molar-refractivity contribution in [3.8, 4) is 0 Å². The monoisotopic (exact) mass is 303 g/mol. The molecule has 110 valence electrons. The van der Waals surface area contributed by atoms with Gasteiger partial charge in [0.15, 0.2) is 0 Å². The van der Waals surface area contributed by atoms with Crippen LogP contribution in [0, 0.1) is 10.1 Å². The Kier molecular flexibility index (Phi) is 4.96. The van der Waals surface area contributed by atoms with Gasteiger partial charge in [-0.1, -0.05) is 0 Å². The van der Waals surface area contributed by atoms with Gasteiger partial charge in [0, 0.05) is 13.1 Å². The van der Waals surface area contributed by atoms with Gasteiger partial charge in [0.05, 0.1) is 16.4 Å². The Balaban J connectivity index is 3.07. The third kappa shape index (κ3) is 3.63. The summed E-state index contributed by atoms with van der Waals surface area (Å²) in [7, 11) is -2.61. The number of hydrazine groups is 1. The zero-order valence-electron chi connectivity index (χ0n) is 10.4. The molecule has 1 aromatic carbocycles. The SMILES string of the molecule is CNC(=O)CNS(=O)(=O)c1ccc([N+](=O)[O-])c(NN)c1. The molecule has 0 unspecified atom stereocenters. The number of amides is 1. The van der Waals surface area contributed by atoms with Crippen LogP contribution in [0.4, 0.5) is 11.4 Å². The van der Waals surface area contributed by atoms with Crippen molar-refractivity contribution < 1.29 is 18.1 Å². The van der Waals surface area contributed by atoms with Gasteiger partial charge in [-0.2, -0.15) is 0 Å². The molecule has 5 N–H and O–H groups in total. The smallest absolute Gasteiger partial charge is 0.293 e. The number of carbonyl (C=O) groups excluding carboxylic acids is 1. The summed E-state index contributed by atoms with van der Waals surface area (Å²) < 4.78 is 25.8. The number of likely N-dealkylation sites (N-methyl/N-ethyl adjacent to an activating group) is 1. The molecule has 0 fully saturated rings. The lowest BCUT2D eigenvalue weighted by Gasteiger charge is -2.08. The Hall–Kier alpha value is -2.24. The number of anilines is 1. The molecule has 0 spiro atoms. The zero-order valence-corrected chi connectivity index (χ0v) is 11.2. The van der Waals surface area contributed by atoms with Gasteiger partial charge >= 0.3 is 0 Å². The molecular formula is C9H13N5O5S. The predicted molar refractivity (Wildman–Crippen MR) is 70.2 cm³/mol. The average Bonchev–Trinajstić information content (AvgIpc) is 2.43. The van der Waals surface area contributed by atoms with Gasteiger partial charge in [-0.3, -0.25) is 20.8 Å². The minimum Gasteiger partial charge on any atom is -0.358 e. The first-order valence-corrected chi connectivity index (χ1v) is 6.75. The van der Waals surface area contributed by atoms with Crippen molar-refractivity contribution in [2.24, 2.45) is 5.84 Å². The van der Waals surface area contributed by atoms with Gasteiger partial charge in [-0.25, -0.2) is 13.1 Å². The fourth-order valence-corrected chi connectivity index (χ4v) is 2.30. The number of rotatable bonds is 6. The van der Waals surface area contributed by atoms with Crippen LogP contribution < -0.4 is 21.3 Å². The summed E-state index contributed by atoms with van der Waals surface area (Å²) in [6.07, 6.45) is 0. The minimum atomic E-state index is -3.97. The van der Waals surface area contributed by atoms with E-state index >= 15 is 0 Å². The normalized spacial score (nSPS) is 10.9. The molecule has 20 heavy (non-hydrogen) atoms. The lowest BCUT2D eigenvalue weighted by atomic mass is 10.3. The van der Waals surface area contributed by atoms with Gasteiger partial charge in [0.1, 0.15) is 5.69 Å². The van der Waals surface area contributed by atoms with Crippen LogP contribution in [-0.4, -0.2) is 32.8 Å². The first-order chi connectivity index (χ1) is 9.31. The van der Waals surface area contributed by atoms with Crippen molar-refractivity contribution in [3.63, 3.8) is 0 Å². The number of sulfonamides is 1.